The first-order valence-electron chi connectivity index (χ1n) is 5.30. The molecule has 0 bridgehead atoms. The summed E-state index contributed by atoms with van der Waals surface area (Å²) in [5.41, 5.74) is 0. The van der Waals surface area contributed by atoms with Gasteiger partial charge in [0.1, 0.15) is 0 Å². The summed E-state index contributed by atoms with van der Waals surface area (Å²) >= 11 is 0. The van der Waals surface area contributed by atoms with E-state index in [9.17, 15) is 9.59 Å². The molecule has 0 aliphatic carbocycles. The molecule has 0 aromatic heterocycles. The Morgan fingerprint density at radius 2 is 2.20 bits per heavy atom. The van der Waals surface area contributed by atoms with Gasteiger partial charge in [-0.25, -0.2) is 0 Å². The maximum atomic E-state index is 11.6. The fraction of sp³-hybridized carbons (Fsp3) is 0.800. The highest BCUT2D eigenvalue weighted by molar-refractivity contribution is 5.85. The first kappa shape index (κ1) is 12.0. The molecule has 0 radical (unpaired) electrons. The molecule has 0 aromatic carbocycles. The second-order valence-electron chi connectivity index (χ2n) is 4.05. The minimum Gasteiger partial charge on any atom is -0.347 e. The van der Waals surface area contributed by atoms with Crippen molar-refractivity contribution < 1.29 is 9.59 Å². The van der Waals surface area contributed by atoms with Crippen LogP contribution in [0.2, 0.25) is 0 Å². The van der Waals surface area contributed by atoms with E-state index in [0.717, 1.165) is 25.9 Å². The van der Waals surface area contributed by atoms with Crippen LogP contribution < -0.4 is 10.6 Å². The van der Waals surface area contributed by atoms with Crippen molar-refractivity contribution in [1.29, 1.82) is 0 Å². The van der Waals surface area contributed by atoms with E-state index in [1.54, 1.807) is 14.1 Å². The summed E-state index contributed by atoms with van der Waals surface area (Å²) in [6.07, 6.45) is 1.94. The van der Waals surface area contributed by atoms with Gasteiger partial charge in [0.25, 0.3) is 0 Å². The van der Waals surface area contributed by atoms with Crippen LogP contribution in [0.4, 0.5) is 0 Å². The summed E-state index contributed by atoms with van der Waals surface area (Å²) in [5.74, 6) is -0.0711. The number of carbonyl (C=O) groups excluding carboxylic acids is 2. The first-order valence-corrected chi connectivity index (χ1v) is 5.30. The van der Waals surface area contributed by atoms with E-state index in [0.29, 0.717) is 0 Å². The number of nitrogens with one attached hydrogen (secondary N) is 2. The molecule has 0 unspecified atom stereocenters. The van der Waals surface area contributed by atoms with E-state index in [-0.39, 0.29) is 24.3 Å². The lowest BCUT2D eigenvalue weighted by Gasteiger charge is -2.22. The normalized spacial score (nSPS) is 20.8. The third kappa shape index (κ3) is 3.87. The van der Waals surface area contributed by atoms with Gasteiger partial charge in [0.2, 0.25) is 11.8 Å². The molecule has 1 rings (SSSR count). The highest BCUT2D eigenvalue weighted by Gasteiger charge is 2.21. The van der Waals surface area contributed by atoms with E-state index in [1.165, 1.54) is 4.90 Å². The summed E-state index contributed by atoms with van der Waals surface area (Å²) in [6.45, 7) is 1.81. The molecule has 0 saturated carbocycles. The molecule has 86 valence electrons. The summed E-state index contributed by atoms with van der Waals surface area (Å²) in [4.78, 5) is 24.3. The van der Waals surface area contributed by atoms with Gasteiger partial charge < -0.3 is 15.5 Å². The van der Waals surface area contributed by atoms with Gasteiger partial charge in [0.05, 0.1) is 12.5 Å². The number of carbonyl (C=O) groups is 2. The minimum absolute atomic E-state index is 0.0163. The third-order valence-electron chi connectivity index (χ3n) is 2.58. The molecule has 1 saturated heterocycles. The van der Waals surface area contributed by atoms with Crippen molar-refractivity contribution in [1.82, 2.24) is 15.5 Å². The van der Waals surface area contributed by atoms with Crippen LogP contribution in [0.1, 0.15) is 12.8 Å². The number of nitrogens with zero attached hydrogens (tertiary/aromatic N) is 1. The van der Waals surface area contributed by atoms with Gasteiger partial charge in [0, 0.05) is 20.6 Å². The number of hydrogen-bond donors (Lipinski definition) is 2. The molecule has 0 aromatic rings. The van der Waals surface area contributed by atoms with Crippen LogP contribution in [0.3, 0.4) is 0 Å². The molecule has 1 aliphatic heterocycles. The Kier molecular flexibility index (Phi) is 4.55. The first-order chi connectivity index (χ1) is 7.11. The van der Waals surface area contributed by atoms with Crippen molar-refractivity contribution in [2.45, 2.75) is 12.8 Å². The Hall–Kier alpha value is -1.10. The van der Waals surface area contributed by atoms with Crippen LogP contribution in [0.15, 0.2) is 0 Å². The standard InChI is InChI=1S/C10H19N3O2/c1-13(2)9(14)7-12-10(15)8-4-3-5-11-6-8/h8,11H,3-7H2,1-2H3,(H,12,15)/t8-/m0/s1. The fourth-order valence-electron chi connectivity index (χ4n) is 1.54. The second-order valence-corrected chi connectivity index (χ2v) is 4.05. The van der Waals surface area contributed by atoms with E-state index >= 15 is 0 Å². The van der Waals surface area contributed by atoms with Crippen molar-refractivity contribution in [3.63, 3.8) is 0 Å². The van der Waals surface area contributed by atoms with Crippen LogP contribution in [0.5, 0.6) is 0 Å². The Morgan fingerprint density at radius 1 is 1.47 bits per heavy atom. The van der Waals surface area contributed by atoms with Gasteiger partial charge in [-0.05, 0) is 19.4 Å². The molecule has 1 fully saturated rings. The molecule has 2 amide bonds. The topological polar surface area (TPSA) is 61.4 Å². The average molecular weight is 213 g/mol. The predicted molar refractivity (Wildman–Crippen MR) is 57.3 cm³/mol. The van der Waals surface area contributed by atoms with E-state index in [4.69, 9.17) is 0 Å². The number of likely N-dealkylation sites (N-methyl/N-ethyl adjacent to an activating group) is 1. The van der Waals surface area contributed by atoms with E-state index in [1.807, 2.05) is 0 Å². The molecule has 1 atom stereocenters. The highest BCUT2D eigenvalue weighted by Crippen LogP contribution is 2.09. The Bertz CT molecular complexity index is 235. The lowest BCUT2D eigenvalue weighted by atomic mass is 9.99. The third-order valence-corrected chi connectivity index (χ3v) is 2.58. The van der Waals surface area contributed by atoms with Crippen LogP contribution >= 0.6 is 0 Å². The van der Waals surface area contributed by atoms with Crippen molar-refractivity contribution in [2.75, 3.05) is 33.7 Å². The second kappa shape index (κ2) is 5.70. The molecule has 1 heterocycles. The molecular formula is C10H19N3O2. The molecule has 2 N–H and O–H groups in total. The zero-order chi connectivity index (χ0) is 11.3. The summed E-state index contributed by atoms with van der Waals surface area (Å²) in [5, 5.41) is 5.83. The van der Waals surface area contributed by atoms with Gasteiger partial charge in [-0.1, -0.05) is 0 Å². The maximum absolute atomic E-state index is 11.6. The quantitative estimate of drug-likeness (QED) is 0.644. The van der Waals surface area contributed by atoms with Gasteiger partial charge >= 0.3 is 0 Å². The number of piperidine rings is 1. The lowest BCUT2D eigenvalue weighted by Crippen LogP contribution is -2.43. The zero-order valence-electron chi connectivity index (χ0n) is 9.38. The number of rotatable bonds is 3. The Balaban J connectivity index is 2.26. The van der Waals surface area contributed by atoms with Crippen LogP contribution in [0.25, 0.3) is 0 Å². The Morgan fingerprint density at radius 3 is 2.73 bits per heavy atom. The highest BCUT2D eigenvalue weighted by atomic mass is 16.2. The predicted octanol–water partition coefficient (Wildman–Crippen LogP) is -0.810. The molecule has 5 heteroatoms. The van der Waals surface area contributed by atoms with Crippen molar-refractivity contribution in [3.05, 3.63) is 0 Å². The lowest BCUT2D eigenvalue weighted by molar-refractivity contribution is -0.132. The van der Waals surface area contributed by atoms with Crippen LogP contribution in [-0.4, -0.2) is 50.4 Å². The number of hydrogen-bond acceptors (Lipinski definition) is 3. The van der Waals surface area contributed by atoms with E-state index in [2.05, 4.69) is 10.6 Å². The van der Waals surface area contributed by atoms with Crippen LogP contribution in [0, 0.1) is 5.92 Å². The van der Waals surface area contributed by atoms with Crippen LogP contribution in [-0.2, 0) is 9.59 Å². The monoisotopic (exact) mass is 213 g/mol. The summed E-state index contributed by atoms with van der Waals surface area (Å²) in [6, 6.07) is 0. The molecule has 5 nitrogen and oxygen atoms in total. The minimum atomic E-state index is -0.0767. The number of amides is 2. The van der Waals surface area contributed by atoms with E-state index < -0.39 is 0 Å². The Labute approximate surface area is 90.2 Å². The summed E-state index contributed by atoms with van der Waals surface area (Å²) < 4.78 is 0. The van der Waals surface area contributed by atoms with Crippen molar-refractivity contribution in [3.8, 4) is 0 Å². The van der Waals surface area contributed by atoms with Gasteiger partial charge in [0.15, 0.2) is 0 Å². The van der Waals surface area contributed by atoms with Gasteiger partial charge in [-0.3, -0.25) is 9.59 Å². The fourth-order valence-corrected chi connectivity index (χ4v) is 1.54. The van der Waals surface area contributed by atoms with Gasteiger partial charge in [-0.2, -0.15) is 0 Å². The molecular weight excluding hydrogens is 194 g/mol. The zero-order valence-corrected chi connectivity index (χ0v) is 9.38. The smallest absolute Gasteiger partial charge is 0.241 e. The summed E-state index contributed by atoms with van der Waals surface area (Å²) in [7, 11) is 3.35. The molecule has 0 spiro atoms. The van der Waals surface area contributed by atoms with Gasteiger partial charge in [-0.15, -0.1) is 0 Å². The maximum Gasteiger partial charge on any atom is 0.241 e. The van der Waals surface area contributed by atoms with Crippen molar-refractivity contribution in [2.24, 2.45) is 5.92 Å². The SMILES string of the molecule is CN(C)C(=O)CNC(=O)[C@H]1CCCNC1. The molecule has 1 aliphatic rings. The average Bonchev–Trinajstić information content (AvgIpc) is 2.26. The largest absolute Gasteiger partial charge is 0.347 e. The van der Waals surface area contributed by atoms with Crippen molar-refractivity contribution >= 4 is 11.8 Å². The molecule has 15 heavy (non-hydrogen) atoms.